The highest BCUT2D eigenvalue weighted by Crippen LogP contribution is 2.29. The highest BCUT2D eigenvalue weighted by Gasteiger charge is 2.32. The SMILES string of the molecule is CC1(C)CNCC(C)(C)CC(C)(C)NC1. The summed E-state index contributed by atoms with van der Waals surface area (Å²) in [6.07, 6.45) is 1.21. The third-order valence-corrected chi connectivity index (χ3v) is 3.17. The molecular weight excluding hydrogens is 184 g/mol. The Labute approximate surface area is 95.2 Å². The predicted molar refractivity (Wildman–Crippen MR) is 67.1 cm³/mol. The van der Waals surface area contributed by atoms with Crippen molar-refractivity contribution < 1.29 is 0 Å². The van der Waals surface area contributed by atoms with Crippen LogP contribution in [0.25, 0.3) is 0 Å². The molecular formula is C13H28N2. The second-order valence-corrected chi connectivity index (χ2v) is 7.35. The van der Waals surface area contributed by atoms with Crippen LogP contribution in [0.1, 0.15) is 48.0 Å². The molecule has 1 fully saturated rings. The van der Waals surface area contributed by atoms with Crippen molar-refractivity contribution in [3.8, 4) is 0 Å². The minimum atomic E-state index is 0.243. The number of hydrogen-bond acceptors (Lipinski definition) is 2. The average molecular weight is 212 g/mol. The van der Waals surface area contributed by atoms with Gasteiger partial charge < -0.3 is 10.6 Å². The fraction of sp³-hybridized carbons (Fsp3) is 1.00. The lowest BCUT2D eigenvalue weighted by Crippen LogP contribution is -2.46. The van der Waals surface area contributed by atoms with Crippen molar-refractivity contribution in [3.05, 3.63) is 0 Å². The molecule has 0 amide bonds. The summed E-state index contributed by atoms with van der Waals surface area (Å²) in [4.78, 5) is 0. The van der Waals surface area contributed by atoms with Gasteiger partial charge in [-0.3, -0.25) is 0 Å². The summed E-state index contributed by atoms with van der Waals surface area (Å²) in [6, 6.07) is 0. The van der Waals surface area contributed by atoms with E-state index in [0.29, 0.717) is 10.8 Å². The van der Waals surface area contributed by atoms with Gasteiger partial charge in [0.15, 0.2) is 0 Å². The number of hydrogen-bond donors (Lipinski definition) is 2. The average Bonchev–Trinajstić information content (AvgIpc) is 2.00. The van der Waals surface area contributed by atoms with E-state index in [0.717, 1.165) is 19.6 Å². The van der Waals surface area contributed by atoms with Crippen molar-refractivity contribution in [2.45, 2.75) is 53.5 Å². The van der Waals surface area contributed by atoms with E-state index < -0.39 is 0 Å². The van der Waals surface area contributed by atoms with Crippen LogP contribution in [0.3, 0.4) is 0 Å². The Balaban J connectivity index is 2.74. The Morgan fingerprint density at radius 1 is 0.733 bits per heavy atom. The molecule has 15 heavy (non-hydrogen) atoms. The van der Waals surface area contributed by atoms with Gasteiger partial charge in [0, 0.05) is 25.2 Å². The van der Waals surface area contributed by atoms with E-state index in [-0.39, 0.29) is 5.54 Å². The minimum absolute atomic E-state index is 0.243. The van der Waals surface area contributed by atoms with E-state index in [1.165, 1.54) is 6.42 Å². The van der Waals surface area contributed by atoms with E-state index in [2.05, 4.69) is 52.2 Å². The van der Waals surface area contributed by atoms with E-state index in [1.807, 2.05) is 0 Å². The fourth-order valence-corrected chi connectivity index (χ4v) is 2.60. The van der Waals surface area contributed by atoms with Crippen molar-refractivity contribution in [3.63, 3.8) is 0 Å². The van der Waals surface area contributed by atoms with Gasteiger partial charge in [-0.2, -0.15) is 0 Å². The van der Waals surface area contributed by atoms with Crippen molar-refractivity contribution in [1.82, 2.24) is 10.6 Å². The van der Waals surface area contributed by atoms with Gasteiger partial charge in [-0.1, -0.05) is 27.7 Å². The molecule has 0 atom stereocenters. The van der Waals surface area contributed by atoms with Gasteiger partial charge in [-0.25, -0.2) is 0 Å². The smallest absolute Gasteiger partial charge is 0.0130 e. The van der Waals surface area contributed by atoms with E-state index in [4.69, 9.17) is 0 Å². The molecule has 2 heteroatoms. The normalized spacial score (nSPS) is 30.0. The summed E-state index contributed by atoms with van der Waals surface area (Å²) >= 11 is 0. The first-order chi connectivity index (χ1) is 6.62. The molecule has 1 aliphatic heterocycles. The molecule has 0 aromatic rings. The van der Waals surface area contributed by atoms with Crippen molar-refractivity contribution in [2.24, 2.45) is 10.8 Å². The van der Waals surface area contributed by atoms with Crippen LogP contribution in [0.2, 0.25) is 0 Å². The highest BCUT2D eigenvalue weighted by atomic mass is 15.0. The Morgan fingerprint density at radius 2 is 1.27 bits per heavy atom. The molecule has 0 saturated carbocycles. The first kappa shape index (κ1) is 13.0. The number of nitrogens with one attached hydrogen (secondary N) is 2. The highest BCUT2D eigenvalue weighted by molar-refractivity contribution is 4.91. The molecule has 0 aliphatic carbocycles. The third-order valence-electron chi connectivity index (χ3n) is 3.17. The van der Waals surface area contributed by atoms with Crippen LogP contribution in [-0.4, -0.2) is 25.2 Å². The van der Waals surface area contributed by atoms with E-state index in [9.17, 15) is 0 Å². The van der Waals surface area contributed by atoms with Gasteiger partial charge in [0.1, 0.15) is 0 Å². The summed E-state index contributed by atoms with van der Waals surface area (Å²) in [7, 11) is 0. The summed E-state index contributed by atoms with van der Waals surface area (Å²) < 4.78 is 0. The monoisotopic (exact) mass is 212 g/mol. The second kappa shape index (κ2) is 4.06. The van der Waals surface area contributed by atoms with Crippen molar-refractivity contribution >= 4 is 0 Å². The molecule has 1 rings (SSSR count). The number of rotatable bonds is 0. The molecule has 0 radical (unpaired) electrons. The van der Waals surface area contributed by atoms with Crippen LogP contribution in [0.4, 0.5) is 0 Å². The van der Waals surface area contributed by atoms with Crippen LogP contribution in [0, 0.1) is 10.8 Å². The Hall–Kier alpha value is -0.0800. The molecule has 1 aliphatic rings. The zero-order valence-electron chi connectivity index (χ0n) is 11.3. The molecule has 2 nitrogen and oxygen atoms in total. The molecule has 0 spiro atoms. The van der Waals surface area contributed by atoms with Crippen LogP contribution in [0.5, 0.6) is 0 Å². The van der Waals surface area contributed by atoms with Crippen LogP contribution in [0.15, 0.2) is 0 Å². The van der Waals surface area contributed by atoms with Crippen LogP contribution >= 0.6 is 0 Å². The fourth-order valence-electron chi connectivity index (χ4n) is 2.60. The molecule has 0 aromatic heterocycles. The topological polar surface area (TPSA) is 24.1 Å². The predicted octanol–water partition coefficient (Wildman–Crippen LogP) is 2.40. The van der Waals surface area contributed by atoms with Gasteiger partial charge in [0.2, 0.25) is 0 Å². The lowest BCUT2D eigenvalue weighted by atomic mass is 9.80. The summed E-state index contributed by atoms with van der Waals surface area (Å²) in [6.45, 7) is 17.3. The lowest BCUT2D eigenvalue weighted by Gasteiger charge is -2.35. The summed E-state index contributed by atoms with van der Waals surface area (Å²) in [5.74, 6) is 0. The molecule has 0 aromatic carbocycles. The van der Waals surface area contributed by atoms with E-state index >= 15 is 0 Å². The van der Waals surface area contributed by atoms with Crippen LogP contribution < -0.4 is 10.6 Å². The minimum Gasteiger partial charge on any atom is -0.316 e. The first-order valence-corrected chi connectivity index (χ1v) is 6.08. The largest absolute Gasteiger partial charge is 0.316 e. The quantitative estimate of drug-likeness (QED) is 0.644. The molecule has 0 unspecified atom stereocenters. The van der Waals surface area contributed by atoms with Gasteiger partial charge in [0.25, 0.3) is 0 Å². The standard InChI is InChI=1S/C13H28N2/c1-11(2)7-13(5,6)15-10-12(3,4)9-14-8-11/h14-15H,7-10H2,1-6H3. The van der Waals surface area contributed by atoms with Crippen LogP contribution in [-0.2, 0) is 0 Å². The Bertz CT molecular complexity index is 217. The van der Waals surface area contributed by atoms with E-state index in [1.54, 1.807) is 0 Å². The molecule has 1 heterocycles. The molecule has 0 bridgehead atoms. The molecule has 90 valence electrons. The summed E-state index contributed by atoms with van der Waals surface area (Å²) in [5.41, 5.74) is 0.960. The Morgan fingerprint density at radius 3 is 1.87 bits per heavy atom. The van der Waals surface area contributed by atoms with Crippen molar-refractivity contribution in [1.29, 1.82) is 0 Å². The third kappa shape index (κ3) is 4.52. The van der Waals surface area contributed by atoms with Gasteiger partial charge in [-0.15, -0.1) is 0 Å². The lowest BCUT2D eigenvalue weighted by molar-refractivity contribution is 0.222. The summed E-state index contributed by atoms with van der Waals surface area (Å²) in [5, 5.41) is 7.31. The maximum absolute atomic E-state index is 3.71. The van der Waals surface area contributed by atoms with Gasteiger partial charge in [0.05, 0.1) is 0 Å². The second-order valence-electron chi connectivity index (χ2n) is 7.35. The zero-order valence-corrected chi connectivity index (χ0v) is 11.3. The maximum Gasteiger partial charge on any atom is 0.0130 e. The molecule has 2 N–H and O–H groups in total. The van der Waals surface area contributed by atoms with Gasteiger partial charge in [-0.05, 0) is 31.1 Å². The van der Waals surface area contributed by atoms with Gasteiger partial charge >= 0.3 is 0 Å². The molecule has 1 saturated heterocycles. The Kier molecular flexibility index (Phi) is 3.52. The zero-order chi connectivity index (χ0) is 11.7. The first-order valence-electron chi connectivity index (χ1n) is 6.08. The van der Waals surface area contributed by atoms with Crippen molar-refractivity contribution in [2.75, 3.05) is 19.6 Å². The maximum atomic E-state index is 3.71.